The van der Waals surface area contributed by atoms with E-state index in [2.05, 4.69) is 11.8 Å². The molecule has 0 saturated carbocycles. The van der Waals surface area contributed by atoms with E-state index < -0.39 is 0 Å². The lowest BCUT2D eigenvalue weighted by atomic mass is 10.1. The number of fused-ring (bicyclic) bond motifs is 1. The van der Waals surface area contributed by atoms with Crippen LogP contribution in [0, 0.1) is 0 Å². The molecule has 0 saturated heterocycles. The summed E-state index contributed by atoms with van der Waals surface area (Å²) < 4.78 is 10.8. The fraction of sp³-hybridized carbons (Fsp3) is 0.538. The number of benzene rings is 1. The van der Waals surface area contributed by atoms with Gasteiger partial charge in [0.05, 0.1) is 13.2 Å². The zero-order valence-corrected chi connectivity index (χ0v) is 10.7. The average molecular weight is 252 g/mol. The average Bonchev–Trinajstić information content (AvgIpc) is 2.38. The standard InChI is InChI=1S/C13H20N2O3/c1-2-15(3-4-16)7-10-5-12(14)6-11-8-17-9-18-13(10)11/h5-6,16H,2-4,7-9,14H2,1H3. The third-order valence-electron chi connectivity index (χ3n) is 3.07. The molecular weight excluding hydrogens is 232 g/mol. The van der Waals surface area contributed by atoms with Crippen molar-refractivity contribution in [3.8, 4) is 5.75 Å². The molecule has 0 radical (unpaired) electrons. The Kier molecular flexibility index (Phi) is 4.41. The highest BCUT2D eigenvalue weighted by Crippen LogP contribution is 2.31. The van der Waals surface area contributed by atoms with Crippen molar-refractivity contribution in [2.75, 3.05) is 32.2 Å². The molecule has 5 heteroatoms. The van der Waals surface area contributed by atoms with Crippen LogP contribution in [-0.4, -0.2) is 36.5 Å². The number of nitrogens with zero attached hydrogens (tertiary/aromatic N) is 1. The van der Waals surface area contributed by atoms with Crippen LogP contribution >= 0.6 is 0 Å². The number of hydrogen-bond acceptors (Lipinski definition) is 5. The summed E-state index contributed by atoms with van der Waals surface area (Å²) in [6.07, 6.45) is 0. The van der Waals surface area contributed by atoms with Gasteiger partial charge in [0.15, 0.2) is 6.79 Å². The van der Waals surface area contributed by atoms with Crippen LogP contribution in [0.25, 0.3) is 0 Å². The lowest BCUT2D eigenvalue weighted by molar-refractivity contribution is -0.0174. The van der Waals surface area contributed by atoms with Crippen LogP contribution in [-0.2, 0) is 17.9 Å². The van der Waals surface area contributed by atoms with Crippen molar-refractivity contribution in [1.82, 2.24) is 4.90 Å². The second-order valence-electron chi connectivity index (χ2n) is 4.37. The highest BCUT2D eigenvalue weighted by Gasteiger charge is 2.17. The molecule has 1 heterocycles. The van der Waals surface area contributed by atoms with Crippen LogP contribution in [0.15, 0.2) is 12.1 Å². The van der Waals surface area contributed by atoms with E-state index in [4.69, 9.17) is 20.3 Å². The van der Waals surface area contributed by atoms with Crippen molar-refractivity contribution in [2.24, 2.45) is 0 Å². The van der Waals surface area contributed by atoms with E-state index in [1.165, 1.54) is 0 Å². The minimum atomic E-state index is 0.155. The molecule has 0 fully saturated rings. The van der Waals surface area contributed by atoms with E-state index >= 15 is 0 Å². The van der Waals surface area contributed by atoms with Gasteiger partial charge in [-0.1, -0.05) is 6.92 Å². The lowest BCUT2D eigenvalue weighted by Crippen LogP contribution is -2.27. The van der Waals surface area contributed by atoms with Crippen LogP contribution in [0.2, 0.25) is 0 Å². The largest absolute Gasteiger partial charge is 0.467 e. The van der Waals surface area contributed by atoms with Gasteiger partial charge >= 0.3 is 0 Å². The second kappa shape index (κ2) is 6.04. The smallest absolute Gasteiger partial charge is 0.189 e. The Bertz CT molecular complexity index is 409. The molecule has 5 nitrogen and oxygen atoms in total. The van der Waals surface area contributed by atoms with Crippen molar-refractivity contribution in [1.29, 1.82) is 0 Å². The minimum absolute atomic E-state index is 0.155. The maximum atomic E-state index is 9.02. The second-order valence-corrected chi connectivity index (χ2v) is 4.37. The topological polar surface area (TPSA) is 68.0 Å². The van der Waals surface area contributed by atoms with Crippen LogP contribution in [0.1, 0.15) is 18.1 Å². The van der Waals surface area contributed by atoms with Crippen LogP contribution in [0.4, 0.5) is 5.69 Å². The van der Waals surface area contributed by atoms with Crippen molar-refractivity contribution in [3.63, 3.8) is 0 Å². The van der Waals surface area contributed by atoms with Gasteiger partial charge in [0, 0.05) is 29.9 Å². The lowest BCUT2D eigenvalue weighted by Gasteiger charge is -2.25. The Morgan fingerprint density at radius 1 is 1.44 bits per heavy atom. The van der Waals surface area contributed by atoms with Gasteiger partial charge in [0.25, 0.3) is 0 Å². The van der Waals surface area contributed by atoms with Crippen LogP contribution in [0.5, 0.6) is 5.75 Å². The Morgan fingerprint density at radius 2 is 2.28 bits per heavy atom. The maximum absolute atomic E-state index is 9.02. The van der Waals surface area contributed by atoms with Crippen molar-refractivity contribution < 1.29 is 14.6 Å². The molecule has 0 unspecified atom stereocenters. The Balaban J connectivity index is 2.23. The van der Waals surface area contributed by atoms with Gasteiger partial charge in [-0.05, 0) is 18.7 Å². The van der Waals surface area contributed by atoms with Crippen molar-refractivity contribution >= 4 is 5.69 Å². The van der Waals surface area contributed by atoms with E-state index in [9.17, 15) is 0 Å². The molecule has 0 amide bonds. The summed E-state index contributed by atoms with van der Waals surface area (Å²) in [6, 6.07) is 3.82. The number of aliphatic hydroxyl groups is 1. The minimum Gasteiger partial charge on any atom is -0.467 e. The quantitative estimate of drug-likeness (QED) is 0.764. The van der Waals surface area contributed by atoms with Crippen LogP contribution < -0.4 is 10.5 Å². The number of anilines is 1. The molecule has 0 spiro atoms. The van der Waals surface area contributed by atoms with Gasteiger partial charge in [0.1, 0.15) is 5.75 Å². The molecule has 0 bridgehead atoms. The molecule has 18 heavy (non-hydrogen) atoms. The third kappa shape index (κ3) is 2.93. The Labute approximate surface area is 107 Å². The maximum Gasteiger partial charge on any atom is 0.189 e. The molecule has 100 valence electrons. The fourth-order valence-corrected chi connectivity index (χ4v) is 2.17. The van der Waals surface area contributed by atoms with Gasteiger partial charge < -0.3 is 20.3 Å². The monoisotopic (exact) mass is 252 g/mol. The van der Waals surface area contributed by atoms with E-state index in [1.807, 2.05) is 12.1 Å². The number of rotatable bonds is 5. The first-order valence-corrected chi connectivity index (χ1v) is 6.19. The number of aliphatic hydroxyl groups excluding tert-OH is 1. The van der Waals surface area contributed by atoms with Gasteiger partial charge in [-0.2, -0.15) is 0 Å². The summed E-state index contributed by atoms with van der Waals surface area (Å²) in [5.41, 5.74) is 8.67. The third-order valence-corrected chi connectivity index (χ3v) is 3.07. The molecule has 1 aliphatic rings. The summed E-state index contributed by atoms with van der Waals surface area (Å²) in [6.45, 7) is 5.30. The normalized spacial score (nSPS) is 14.4. The van der Waals surface area contributed by atoms with E-state index in [0.717, 1.165) is 35.7 Å². The molecular formula is C13H20N2O3. The number of nitrogens with two attached hydrogens (primary N) is 1. The van der Waals surface area contributed by atoms with Crippen LogP contribution in [0.3, 0.4) is 0 Å². The first-order chi connectivity index (χ1) is 8.74. The summed E-state index contributed by atoms with van der Waals surface area (Å²) in [7, 11) is 0. The molecule has 0 aliphatic carbocycles. The predicted octanol–water partition coefficient (Wildman–Crippen LogP) is 0.950. The number of likely N-dealkylation sites (N-methyl/N-ethyl adjacent to an activating group) is 1. The number of nitrogen functional groups attached to an aromatic ring is 1. The molecule has 1 aliphatic heterocycles. The Morgan fingerprint density at radius 3 is 3.00 bits per heavy atom. The summed E-state index contributed by atoms with van der Waals surface area (Å²) in [5, 5.41) is 9.02. The first kappa shape index (κ1) is 13.1. The number of hydrogen-bond donors (Lipinski definition) is 2. The predicted molar refractivity (Wildman–Crippen MR) is 69.2 cm³/mol. The summed E-state index contributed by atoms with van der Waals surface area (Å²) >= 11 is 0. The molecule has 0 aromatic heterocycles. The van der Waals surface area contributed by atoms with E-state index in [0.29, 0.717) is 13.2 Å². The van der Waals surface area contributed by atoms with E-state index in [-0.39, 0.29) is 13.4 Å². The molecule has 3 N–H and O–H groups in total. The number of ether oxygens (including phenoxy) is 2. The van der Waals surface area contributed by atoms with Gasteiger partial charge in [-0.25, -0.2) is 0 Å². The van der Waals surface area contributed by atoms with Gasteiger partial charge in [0.2, 0.25) is 0 Å². The molecule has 0 atom stereocenters. The zero-order chi connectivity index (χ0) is 13.0. The van der Waals surface area contributed by atoms with Gasteiger partial charge in [-0.3, -0.25) is 4.90 Å². The summed E-state index contributed by atoms with van der Waals surface area (Å²) in [4.78, 5) is 2.15. The van der Waals surface area contributed by atoms with Crippen molar-refractivity contribution in [2.45, 2.75) is 20.1 Å². The van der Waals surface area contributed by atoms with Gasteiger partial charge in [-0.15, -0.1) is 0 Å². The molecule has 1 aromatic rings. The van der Waals surface area contributed by atoms with E-state index in [1.54, 1.807) is 0 Å². The highest BCUT2D eigenvalue weighted by molar-refractivity contribution is 5.53. The summed E-state index contributed by atoms with van der Waals surface area (Å²) in [5.74, 6) is 0.881. The SMILES string of the molecule is CCN(CCO)Cc1cc(N)cc2c1OCOC2. The Hall–Kier alpha value is -1.30. The fourth-order valence-electron chi connectivity index (χ4n) is 2.17. The van der Waals surface area contributed by atoms with Crippen molar-refractivity contribution in [3.05, 3.63) is 23.3 Å². The first-order valence-electron chi connectivity index (χ1n) is 6.19. The zero-order valence-electron chi connectivity index (χ0n) is 10.7. The molecule has 2 rings (SSSR count). The highest BCUT2D eigenvalue weighted by atomic mass is 16.7. The molecule has 1 aromatic carbocycles.